The molecule has 0 radical (unpaired) electrons. The molecular formula is C29H42N4O6. The second-order valence-corrected chi connectivity index (χ2v) is 10.8. The average molecular weight is 543 g/mol. The third-order valence-corrected chi connectivity index (χ3v) is 8.08. The van der Waals surface area contributed by atoms with E-state index >= 15 is 0 Å². The summed E-state index contributed by atoms with van der Waals surface area (Å²) in [7, 11) is 0. The zero-order chi connectivity index (χ0) is 27.7. The number of hydrogen-bond acceptors (Lipinski definition) is 6. The van der Waals surface area contributed by atoms with Crippen LogP contribution in [0.5, 0.6) is 0 Å². The van der Waals surface area contributed by atoms with Crippen molar-refractivity contribution in [1.82, 2.24) is 20.4 Å². The van der Waals surface area contributed by atoms with Crippen molar-refractivity contribution in [2.24, 2.45) is 0 Å². The topological polar surface area (TPSA) is 117 Å². The first-order valence-electron chi connectivity index (χ1n) is 14.5. The van der Waals surface area contributed by atoms with Crippen molar-refractivity contribution in [2.75, 3.05) is 26.2 Å². The van der Waals surface area contributed by atoms with E-state index in [0.717, 1.165) is 37.7 Å². The summed E-state index contributed by atoms with van der Waals surface area (Å²) in [6.07, 6.45) is 6.63. The molecule has 4 amide bonds. The van der Waals surface area contributed by atoms with Crippen LogP contribution in [0.4, 0.5) is 9.59 Å². The molecule has 2 N–H and O–H groups in total. The molecular weight excluding hydrogens is 500 g/mol. The van der Waals surface area contributed by atoms with E-state index in [9.17, 15) is 19.2 Å². The first kappa shape index (κ1) is 28.7. The van der Waals surface area contributed by atoms with Gasteiger partial charge in [0.25, 0.3) is 0 Å². The maximum Gasteiger partial charge on any atom is 0.410 e. The molecule has 1 aliphatic carbocycles. The van der Waals surface area contributed by atoms with Crippen molar-refractivity contribution in [3.8, 4) is 0 Å². The van der Waals surface area contributed by atoms with Crippen molar-refractivity contribution in [3.05, 3.63) is 35.9 Å². The highest BCUT2D eigenvalue weighted by Crippen LogP contribution is 2.34. The third-order valence-electron chi connectivity index (χ3n) is 8.08. The number of carbonyl (C=O) groups excluding carboxylic acids is 4. The number of piperazine rings is 1. The minimum Gasteiger partial charge on any atom is -0.446 e. The van der Waals surface area contributed by atoms with Crippen LogP contribution in [0.25, 0.3) is 0 Å². The van der Waals surface area contributed by atoms with Gasteiger partial charge in [-0.1, -0.05) is 37.3 Å². The van der Waals surface area contributed by atoms with E-state index < -0.39 is 17.7 Å². The second kappa shape index (κ2) is 13.7. The van der Waals surface area contributed by atoms with E-state index in [1.54, 1.807) is 9.80 Å². The summed E-state index contributed by atoms with van der Waals surface area (Å²) in [5, 5.41) is 5.71. The Kier molecular flexibility index (Phi) is 10.1. The Balaban J connectivity index is 1.21. The lowest BCUT2D eigenvalue weighted by molar-refractivity contribution is -0.161. The predicted octanol–water partition coefficient (Wildman–Crippen LogP) is 3.73. The van der Waals surface area contributed by atoms with Crippen LogP contribution in [0.3, 0.4) is 0 Å². The number of hydrogen-bond donors (Lipinski definition) is 2. The lowest BCUT2D eigenvalue weighted by Gasteiger charge is -2.51. The maximum absolute atomic E-state index is 13.5. The molecule has 1 saturated carbocycles. The highest BCUT2D eigenvalue weighted by molar-refractivity contribution is 6.00. The highest BCUT2D eigenvalue weighted by Gasteiger charge is 2.53. The molecule has 1 atom stereocenters. The van der Waals surface area contributed by atoms with Gasteiger partial charge >= 0.3 is 12.2 Å². The average Bonchev–Trinajstić information content (AvgIpc) is 3.46. The van der Waals surface area contributed by atoms with Gasteiger partial charge < -0.3 is 29.9 Å². The molecule has 3 fully saturated rings. The van der Waals surface area contributed by atoms with Gasteiger partial charge in [-0.05, 0) is 69.8 Å². The standard InChI is InChI=1S/C29H42N4O6/c1-2-18-33-25(34)24(14-8-9-17-30-27(36)38-21-22-10-4-3-5-11-22)31-26(35)29(33)15-19-32(20-16-29)28(37)39-23-12-6-7-13-23/h3-5,10-11,23-24H,2,6-9,12-21H2,1H3,(H,30,36)(H,31,35)/t24-/m0/s1. The molecule has 4 rings (SSSR count). The SMILES string of the molecule is CCCN1C(=O)[C@H](CCCCNC(=O)OCc2ccccc2)NC(=O)C12CCN(C(=O)OC1CCCC1)CC2. The fourth-order valence-corrected chi connectivity index (χ4v) is 5.84. The molecule has 1 aromatic carbocycles. The summed E-state index contributed by atoms with van der Waals surface area (Å²) in [5.41, 5.74) is 0.000861. The van der Waals surface area contributed by atoms with Gasteiger partial charge in [-0.2, -0.15) is 0 Å². The lowest BCUT2D eigenvalue weighted by atomic mass is 9.81. The van der Waals surface area contributed by atoms with Gasteiger partial charge in [0.1, 0.15) is 24.3 Å². The molecule has 10 nitrogen and oxygen atoms in total. The summed E-state index contributed by atoms with van der Waals surface area (Å²) < 4.78 is 10.9. The zero-order valence-corrected chi connectivity index (χ0v) is 23.0. The number of nitrogens with zero attached hydrogens (tertiary/aromatic N) is 2. The van der Waals surface area contributed by atoms with Crippen molar-refractivity contribution in [1.29, 1.82) is 0 Å². The lowest BCUT2D eigenvalue weighted by Crippen LogP contribution is -2.73. The minimum atomic E-state index is -0.919. The Labute approximate surface area is 230 Å². The number of amides is 4. The maximum atomic E-state index is 13.5. The molecule has 2 saturated heterocycles. The normalized spacial score (nSPS) is 21.1. The Morgan fingerprint density at radius 3 is 2.49 bits per heavy atom. The molecule has 2 aliphatic heterocycles. The van der Waals surface area contributed by atoms with Crippen LogP contribution in [0.15, 0.2) is 30.3 Å². The highest BCUT2D eigenvalue weighted by atomic mass is 16.6. The molecule has 1 spiro atoms. The molecule has 3 aliphatic rings. The molecule has 0 aromatic heterocycles. The van der Waals surface area contributed by atoms with E-state index in [4.69, 9.17) is 9.47 Å². The smallest absolute Gasteiger partial charge is 0.410 e. The van der Waals surface area contributed by atoms with Crippen LogP contribution in [-0.2, 0) is 25.7 Å². The van der Waals surface area contributed by atoms with Gasteiger partial charge in [0, 0.05) is 26.2 Å². The van der Waals surface area contributed by atoms with Crippen LogP contribution in [-0.4, -0.2) is 77.7 Å². The van der Waals surface area contributed by atoms with Crippen LogP contribution in [0, 0.1) is 0 Å². The van der Waals surface area contributed by atoms with E-state index in [-0.39, 0.29) is 30.6 Å². The fraction of sp³-hybridized carbons (Fsp3) is 0.655. The van der Waals surface area contributed by atoms with Crippen molar-refractivity contribution >= 4 is 24.0 Å². The summed E-state index contributed by atoms with van der Waals surface area (Å²) in [4.78, 5) is 54.9. The molecule has 1 aromatic rings. The molecule has 2 heterocycles. The van der Waals surface area contributed by atoms with Crippen molar-refractivity contribution in [3.63, 3.8) is 0 Å². The van der Waals surface area contributed by atoms with Crippen molar-refractivity contribution < 1.29 is 28.7 Å². The first-order valence-corrected chi connectivity index (χ1v) is 14.5. The van der Waals surface area contributed by atoms with E-state index in [0.29, 0.717) is 58.3 Å². The Morgan fingerprint density at radius 2 is 1.79 bits per heavy atom. The van der Waals surface area contributed by atoms with Gasteiger partial charge in [0.15, 0.2) is 0 Å². The van der Waals surface area contributed by atoms with Crippen LogP contribution in [0.2, 0.25) is 0 Å². The predicted molar refractivity (Wildman–Crippen MR) is 145 cm³/mol. The monoisotopic (exact) mass is 542 g/mol. The summed E-state index contributed by atoms with van der Waals surface area (Å²) in [6, 6.07) is 8.89. The number of alkyl carbamates (subject to hydrolysis) is 1. The minimum absolute atomic E-state index is 0.000396. The number of likely N-dealkylation sites (tertiary alicyclic amines) is 1. The number of carbonyl (C=O) groups is 4. The second-order valence-electron chi connectivity index (χ2n) is 10.8. The molecule has 214 valence electrons. The van der Waals surface area contributed by atoms with Crippen LogP contribution >= 0.6 is 0 Å². The fourth-order valence-electron chi connectivity index (χ4n) is 5.84. The number of unbranched alkanes of at least 4 members (excludes halogenated alkanes) is 1. The Morgan fingerprint density at radius 1 is 1.08 bits per heavy atom. The number of ether oxygens (including phenoxy) is 2. The van der Waals surface area contributed by atoms with E-state index in [1.165, 1.54) is 0 Å². The van der Waals surface area contributed by atoms with Gasteiger partial charge in [0.05, 0.1) is 0 Å². The molecule has 0 bridgehead atoms. The summed E-state index contributed by atoms with van der Waals surface area (Å²) >= 11 is 0. The largest absolute Gasteiger partial charge is 0.446 e. The van der Waals surface area contributed by atoms with Gasteiger partial charge in [-0.15, -0.1) is 0 Å². The van der Waals surface area contributed by atoms with Crippen LogP contribution in [0.1, 0.15) is 76.7 Å². The van der Waals surface area contributed by atoms with E-state index in [2.05, 4.69) is 10.6 Å². The Bertz CT molecular complexity index is 989. The number of nitrogens with one attached hydrogen (secondary N) is 2. The zero-order valence-electron chi connectivity index (χ0n) is 23.0. The summed E-state index contributed by atoms with van der Waals surface area (Å²) in [5.74, 6) is -0.194. The van der Waals surface area contributed by atoms with Crippen molar-refractivity contribution in [2.45, 2.75) is 95.4 Å². The van der Waals surface area contributed by atoms with Gasteiger partial charge in [-0.3, -0.25) is 9.59 Å². The number of benzene rings is 1. The summed E-state index contributed by atoms with van der Waals surface area (Å²) in [6.45, 7) is 3.93. The molecule has 0 unspecified atom stereocenters. The first-order chi connectivity index (χ1) is 18.9. The van der Waals surface area contributed by atoms with Gasteiger partial charge in [-0.25, -0.2) is 9.59 Å². The van der Waals surface area contributed by atoms with E-state index in [1.807, 2.05) is 37.3 Å². The third kappa shape index (κ3) is 7.22. The molecule has 10 heteroatoms. The molecule has 39 heavy (non-hydrogen) atoms. The number of rotatable bonds is 10. The number of piperidine rings is 1. The van der Waals surface area contributed by atoms with Crippen LogP contribution < -0.4 is 10.6 Å². The Hall–Kier alpha value is -3.30. The van der Waals surface area contributed by atoms with Gasteiger partial charge in [0.2, 0.25) is 11.8 Å². The quantitative estimate of drug-likeness (QED) is 0.435.